The fourth-order valence-corrected chi connectivity index (χ4v) is 3.42. The minimum absolute atomic E-state index is 0.0825. The molecule has 7 nitrogen and oxygen atoms in total. The molecule has 3 aromatic rings. The molecule has 1 N–H and O–H groups in total. The predicted octanol–water partition coefficient (Wildman–Crippen LogP) is 3.91. The maximum atomic E-state index is 12.5. The van der Waals surface area contributed by atoms with Crippen molar-refractivity contribution in [2.45, 2.75) is 27.7 Å². The number of anilines is 1. The highest BCUT2D eigenvalue weighted by Crippen LogP contribution is 2.28. The minimum atomic E-state index is -0.429. The van der Waals surface area contributed by atoms with Gasteiger partial charge in [0.1, 0.15) is 11.3 Å². The molecule has 0 radical (unpaired) electrons. The van der Waals surface area contributed by atoms with Crippen molar-refractivity contribution in [2.75, 3.05) is 25.0 Å². The van der Waals surface area contributed by atoms with E-state index in [1.54, 1.807) is 48.2 Å². The fourth-order valence-electron chi connectivity index (χ4n) is 3.42. The van der Waals surface area contributed by atoms with Gasteiger partial charge in [0.25, 0.3) is 11.8 Å². The zero-order chi connectivity index (χ0) is 22.5. The molecular formula is C24H26N2O5. The number of nitrogens with one attached hydrogen (secondary N) is 1. The van der Waals surface area contributed by atoms with Gasteiger partial charge in [-0.3, -0.25) is 9.59 Å². The van der Waals surface area contributed by atoms with E-state index in [-0.39, 0.29) is 18.4 Å². The molecule has 162 valence electrons. The Bertz CT molecular complexity index is 1180. The Morgan fingerprint density at radius 3 is 2.52 bits per heavy atom. The van der Waals surface area contributed by atoms with E-state index in [0.717, 1.165) is 10.9 Å². The van der Waals surface area contributed by atoms with Crippen LogP contribution in [0.4, 0.5) is 5.69 Å². The number of ether oxygens (including phenoxy) is 1. The van der Waals surface area contributed by atoms with Crippen LogP contribution in [0.1, 0.15) is 35.3 Å². The largest absolute Gasteiger partial charge is 0.483 e. The van der Waals surface area contributed by atoms with Crippen molar-refractivity contribution in [1.82, 2.24) is 4.90 Å². The number of carbonyl (C=O) groups excluding carboxylic acids is 2. The molecule has 0 saturated heterocycles. The zero-order valence-electron chi connectivity index (χ0n) is 18.2. The van der Waals surface area contributed by atoms with Crippen LogP contribution in [0.2, 0.25) is 0 Å². The Hall–Kier alpha value is -3.61. The van der Waals surface area contributed by atoms with Crippen LogP contribution in [0.25, 0.3) is 11.0 Å². The number of nitrogens with zero attached hydrogens (tertiary/aromatic N) is 1. The molecule has 0 aliphatic carbocycles. The highest BCUT2D eigenvalue weighted by atomic mass is 16.5. The molecule has 0 bridgehead atoms. The van der Waals surface area contributed by atoms with Crippen LogP contribution in [0, 0.1) is 13.8 Å². The summed E-state index contributed by atoms with van der Waals surface area (Å²) in [6.45, 7) is 8.47. The number of amides is 2. The molecule has 0 spiro atoms. The number of hydrogen-bond donors (Lipinski definition) is 1. The molecule has 7 heteroatoms. The second-order valence-corrected chi connectivity index (χ2v) is 7.21. The van der Waals surface area contributed by atoms with Crippen molar-refractivity contribution >= 4 is 28.5 Å². The van der Waals surface area contributed by atoms with Crippen LogP contribution in [-0.2, 0) is 4.79 Å². The maximum Gasteiger partial charge on any atom is 0.336 e. The number of carbonyl (C=O) groups is 2. The number of aryl methyl sites for hydroxylation is 2. The van der Waals surface area contributed by atoms with Crippen molar-refractivity contribution in [3.05, 3.63) is 69.6 Å². The van der Waals surface area contributed by atoms with E-state index in [1.165, 1.54) is 6.07 Å². The van der Waals surface area contributed by atoms with Crippen molar-refractivity contribution in [3.63, 3.8) is 0 Å². The van der Waals surface area contributed by atoms with E-state index in [1.807, 2.05) is 20.8 Å². The summed E-state index contributed by atoms with van der Waals surface area (Å²) >= 11 is 0. The lowest BCUT2D eigenvalue weighted by Crippen LogP contribution is -2.30. The standard InChI is InChI=1S/C24H26N2O5/c1-5-26(6-2)24(29)17-8-7-9-18(13-17)25-21(27)14-30-20-11-10-19-15(3)12-22(28)31-23(19)16(20)4/h7-13H,5-6,14H2,1-4H3,(H,25,27). The van der Waals surface area contributed by atoms with Crippen molar-refractivity contribution in [3.8, 4) is 5.75 Å². The van der Waals surface area contributed by atoms with Crippen molar-refractivity contribution in [2.24, 2.45) is 0 Å². The Morgan fingerprint density at radius 1 is 1.06 bits per heavy atom. The van der Waals surface area contributed by atoms with Gasteiger partial charge in [-0.05, 0) is 63.6 Å². The fraction of sp³-hybridized carbons (Fsp3) is 0.292. The summed E-state index contributed by atoms with van der Waals surface area (Å²) in [5.74, 6) is 0.0143. The van der Waals surface area contributed by atoms with Crippen LogP contribution in [0.3, 0.4) is 0 Å². The van der Waals surface area contributed by atoms with Gasteiger partial charge in [-0.25, -0.2) is 4.79 Å². The molecule has 2 aromatic carbocycles. The van der Waals surface area contributed by atoms with Crippen LogP contribution in [0.5, 0.6) is 5.75 Å². The lowest BCUT2D eigenvalue weighted by atomic mass is 10.1. The van der Waals surface area contributed by atoms with Gasteiger partial charge in [-0.2, -0.15) is 0 Å². The number of fused-ring (bicyclic) bond motifs is 1. The van der Waals surface area contributed by atoms with Crippen LogP contribution in [-0.4, -0.2) is 36.4 Å². The van der Waals surface area contributed by atoms with Gasteiger partial charge in [0.2, 0.25) is 0 Å². The highest BCUT2D eigenvalue weighted by Gasteiger charge is 2.14. The van der Waals surface area contributed by atoms with E-state index in [4.69, 9.17) is 9.15 Å². The van der Waals surface area contributed by atoms with Gasteiger partial charge in [0.05, 0.1) is 0 Å². The van der Waals surface area contributed by atoms with Crippen LogP contribution >= 0.6 is 0 Å². The highest BCUT2D eigenvalue weighted by molar-refractivity contribution is 5.97. The summed E-state index contributed by atoms with van der Waals surface area (Å²) in [5, 5.41) is 3.57. The number of benzene rings is 2. The summed E-state index contributed by atoms with van der Waals surface area (Å²) in [6.07, 6.45) is 0. The lowest BCUT2D eigenvalue weighted by Gasteiger charge is -2.19. The van der Waals surface area contributed by atoms with Gasteiger partial charge >= 0.3 is 5.63 Å². The smallest absolute Gasteiger partial charge is 0.336 e. The summed E-state index contributed by atoms with van der Waals surface area (Å²) in [6, 6.07) is 11.8. The molecule has 0 atom stereocenters. The van der Waals surface area contributed by atoms with Gasteiger partial charge in [-0.15, -0.1) is 0 Å². The Labute approximate surface area is 180 Å². The van der Waals surface area contributed by atoms with E-state index in [2.05, 4.69) is 5.32 Å². The monoisotopic (exact) mass is 422 g/mol. The molecular weight excluding hydrogens is 396 g/mol. The topological polar surface area (TPSA) is 88.9 Å². The molecule has 3 rings (SSSR count). The first kappa shape index (κ1) is 22.1. The van der Waals surface area contributed by atoms with Crippen molar-refractivity contribution in [1.29, 1.82) is 0 Å². The Kier molecular flexibility index (Phi) is 6.74. The minimum Gasteiger partial charge on any atom is -0.483 e. The summed E-state index contributed by atoms with van der Waals surface area (Å²) in [5.41, 5.74) is 2.52. The molecule has 2 amide bonds. The van der Waals surface area contributed by atoms with Crippen LogP contribution < -0.4 is 15.7 Å². The second kappa shape index (κ2) is 9.47. The van der Waals surface area contributed by atoms with Crippen molar-refractivity contribution < 1.29 is 18.7 Å². The molecule has 0 aliphatic rings. The predicted molar refractivity (Wildman–Crippen MR) is 120 cm³/mol. The molecule has 0 aliphatic heterocycles. The molecule has 0 saturated carbocycles. The van der Waals surface area contributed by atoms with E-state index < -0.39 is 5.63 Å². The number of rotatable bonds is 7. The first-order valence-corrected chi connectivity index (χ1v) is 10.2. The average molecular weight is 422 g/mol. The van der Waals surface area contributed by atoms with E-state index >= 15 is 0 Å². The summed E-state index contributed by atoms with van der Waals surface area (Å²) in [4.78, 5) is 38.3. The number of hydrogen-bond acceptors (Lipinski definition) is 5. The second-order valence-electron chi connectivity index (χ2n) is 7.21. The Morgan fingerprint density at radius 2 is 1.81 bits per heavy atom. The van der Waals surface area contributed by atoms with Gasteiger partial charge in [0, 0.05) is 41.4 Å². The maximum absolute atomic E-state index is 12.5. The Balaban J connectivity index is 1.70. The van der Waals surface area contributed by atoms with E-state index in [9.17, 15) is 14.4 Å². The molecule has 1 heterocycles. The van der Waals surface area contributed by atoms with Crippen LogP contribution in [0.15, 0.2) is 51.7 Å². The zero-order valence-corrected chi connectivity index (χ0v) is 18.2. The normalized spacial score (nSPS) is 10.7. The molecule has 1 aromatic heterocycles. The molecule has 0 fully saturated rings. The van der Waals surface area contributed by atoms with E-state index in [0.29, 0.717) is 41.2 Å². The molecule has 0 unspecified atom stereocenters. The summed E-state index contributed by atoms with van der Waals surface area (Å²) < 4.78 is 11.0. The quantitative estimate of drug-likeness (QED) is 0.583. The van der Waals surface area contributed by atoms with Gasteiger partial charge in [0.15, 0.2) is 6.61 Å². The SMILES string of the molecule is CCN(CC)C(=O)c1cccc(NC(=O)COc2ccc3c(C)cc(=O)oc3c2C)c1. The third-order valence-corrected chi connectivity index (χ3v) is 5.12. The first-order valence-electron chi connectivity index (χ1n) is 10.2. The molecule has 31 heavy (non-hydrogen) atoms. The van der Waals surface area contributed by atoms with Gasteiger partial charge < -0.3 is 19.4 Å². The summed E-state index contributed by atoms with van der Waals surface area (Å²) in [7, 11) is 0. The third kappa shape index (κ3) is 4.94. The van der Waals surface area contributed by atoms with Gasteiger partial charge in [-0.1, -0.05) is 6.07 Å². The third-order valence-electron chi connectivity index (χ3n) is 5.12. The average Bonchev–Trinajstić information content (AvgIpc) is 2.74. The first-order chi connectivity index (χ1) is 14.8. The lowest BCUT2D eigenvalue weighted by molar-refractivity contribution is -0.118.